The van der Waals surface area contributed by atoms with Crippen molar-refractivity contribution in [1.29, 1.82) is 0 Å². The SMILES string of the molecule is COCCNC1N=C(N)C=CN1c1cc(C)ccc1Sc1ccc(O)cc1. The van der Waals surface area contributed by atoms with Crippen LogP contribution in [-0.4, -0.2) is 37.5 Å². The molecule has 1 aliphatic rings. The van der Waals surface area contributed by atoms with Crippen molar-refractivity contribution in [1.82, 2.24) is 5.32 Å². The molecule has 3 rings (SSSR count). The molecule has 0 aliphatic carbocycles. The molecule has 0 radical (unpaired) electrons. The van der Waals surface area contributed by atoms with Crippen molar-refractivity contribution in [2.75, 3.05) is 25.2 Å². The topological polar surface area (TPSA) is 83.1 Å². The number of aliphatic imine (C=N–C) groups is 1. The molecule has 1 heterocycles. The highest BCUT2D eigenvalue weighted by Crippen LogP contribution is 2.37. The Morgan fingerprint density at radius 1 is 1.26 bits per heavy atom. The van der Waals surface area contributed by atoms with E-state index in [-0.39, 0.29) is 12.0 Å². The number of benzene rings is 2. The van der Waals surface area contributed by atoms with Crippen LogP contribution in [0, 0.1) is 6.92 Å². The molecule has 0 aromatic heterocycles. The number of nitrogens with zero attached hydrogens (tertiary/aromatic N) is 2. The molecule has 6 nitrogen and oxygen atoms in total. The number of hydrogen-bond acceptors (Lipinski definition) is 7. The molecule has 2 aromatic rings. The molecule has 1 unspecified atom stereocenters. The van der Waals surface area contributed by atoms with Gasteiger partial charge in [0.2, 0.25) is 0 Å². The number of amidine groups is 1. The Balaban J connectivity index is 1.90. The number of anilines is 1. The zero-order valence-corrected chi connectivity index (χ0v) is 16.2. The highest BCUT2D eigenvalue weighted by molar-refractivity contribution is 7.99. The normalized spacial score (nSPS) is 16.4. The van der Waals surface area contributed by atoms with Gasteiger partial charge in [0.25, 0.3) is 0 Å². The second-order valence-corrected chi connectivity index (χ2v) is 7.28. The van der Waals surface area contributed by atoms with Crippen LogP contribution in [-0.2, 0) is 4.74 Å². The maximum Gasteiger partial charge on any atom is 0.182 e. The van der Waals surface area contributed by atoms with Gasteiger partial charge in [0.05, 0.1) is 12.3 Å². The van der Waals surface area contributed by atoms with Crippen molar-refractivity contribution in [2.24, 2.45) is 10.7 Å². The fourth-order valence-corrected chi connectivity index (χ4v) is 3.62. The van der Waals surface area contributed by atoms with Crippen LogP contribution >= 0.6 is 11.8 Å². The van der Waals surface area contributed by atoms with Gasteiger partial charge in [0.1, 0.15) is 11.6 Å². The summed E-state index contributed by atoms with van der Waals surface area (Å²) < 4.78 is 5.13. The molecular formula is C20H24N4O2S. The average Bonchev–Trinajstić information content (AvgIpc) is 2.65. The number of methoxy groups -OCH3 is 1. The number of phenolic OH excluding ortho intramolecular Hbond substituents is 1. The summed E-state index contributed by atoms with van der Waals surface area (Å²) in [5.41, 5.74) is 8.11. The molecule has 0 saturated heterocycles. The van der Waals surface area contributed by atoms with Gasteiger partial charge >= 0.3 is 0 Å². The van der Waals surface area contributed by atoms with Crippen LogP contribution in [0.15, 0.2) is 69.5 Å². The van der Waals surface area contributed by atoms with Gasteiger partial charge in [-0.15, -0.1) is 0 Å². The minimum atomic E-state index is -0.300. The summed E-state index contributed by atoms with van der Waals surface area (Å²) in [5.74, 6) is 0.747. The van der Waals surface area contributed by atoms with Crippen molar-refractivity contribution in [3.8, 4) is 5.75 Å². The third kappa shape index (κ3) is 5.03. The highest BCUT2D eigenvalue weighted by Gasteiger charge is 2.22. The zero-order chi connectivity index (χ0) is 19.2. The largest absolute Gasteiger partial charge is 0.508 e. The Morgan fingerprint density at radius 2 is 2.04 bits per heavy atom. The smallest absolute Gasteiger partial charge is 0.182 e. The third-order valence-electron chi connectivity index (χ3n) is 4.03. The van der Waals surface area contributed by atoms with E-state index in [4.69, 9.17) is 10.5 Å². The van der Waals surface area contributed by atoms with Gasteiger partial charge in [0, 0.05) is 29.6 Å². The number of nitrogens with two attached hydrogens (primary N) is 1. The molecule has 0 bridgehead atoms. The number of aryl methyl sites for hydroxylation is 1. The second-order valence-electron chi connectivity index (χ2n) is 6.16. The van der Waals surface area contributed by atoms with E-state index in [0.717, 1.165) is 21.0 Å². The Bertz CT molecular complexity index is 836. The van der Waals surface area contributed by atoms with Gasteiger partial charge in [-0.25, -0.2) is 4.99 Å². The van der Waals surface area contributed by atoms with E-state index in [0.29, 0.717) is 19.0 Å². The van der Waals surface area contributed by atoms with Gasteiger partial charge in [-0.1, -0.05) is 17.8 Å². The van der Waals surface area contributed by atoms with Gasteiger partial charge in [-0.3, -0.25) is 5.32 Å². The molecule has 0 spiro atoms. The standard InChI is InChI=1S/C20H24N4O2S/c1-14-3-8-18(27-16-6-4-15(25)5-7-16)17(13-14)24-11-9-19(21)23-20(24)22-10-12-26-2/h3-9,11,13,20,22,25H,10,12H2,1-2H3,(H2,21,23). The third-order valence-corrected chi connectivity index (χ3v) is 5.10. The molecule has 0 saturated carbocycles. The Kier molecular flexibility index (Phi) is 6.39. The van der Waals surface area contributed by atoms with Crippen LogP contribution in [0.3, 0.4) is 0 Å². The summed E-state index contributed by atoms with van der Waals surface area (Å²) in [6, 6.07) is 13.5. The fraction of sp³-hybridized carbons (Fsp3) is 0.250. The monoisotopic (exact) mass is 384 g/mol. The zero-order valence-electron chi connectivity index (χ0n) is 15.4. The molecule has 0 fully saturated rings. The molecule has 0 amide bonds. The Hall–Kier alpha value is -2.48. The average molecular weight is 385 g/mol. The number of hydrogen-bond donors (Lipinski definition) is 3. The molecule has 1 aliphatic heterocycles. The minimum Gasteiger partial charge on any atom is -0.508 e. The Labute approximate surface area is 163 Å². The van der Waals surface area contributed by atoms with E-state index < -0.39 is 0 Å². The van der Waals surface area contributed by atoms with E-state index in [1.165, 1.54) is 0 Å². The van der Waals surface area contributed by atoms with Crippen LogP contribution in [0.1, 0.15) is 5.56 Å². The second kappa shape index (κ2) is 8.94. The lowest BCUT2D eigenvalue weighted by molar-refractivity contribution is 0.196. The first-order valence-electron chi connectivity index (χ1n) is 8.66. The predicted octanol–water partition coefficient (Wildman–Crippen LogP) is 3.06. The van der Waals surface area contributed by atoms with Crippen molar-refractivity contribution in [2.45, 2.75) is 23.0 Å². The quantitative estimate of drug-likeness (QED) is 0.637. The lowest BCUT2D eigenvalue weighted by Gasteiger charge is -2.32. The number of rotatable bonds is 7. The van der Waals surface area contributed by atoms with Gasteiger partial charge in [0.15, 0.2) is 6.29 Å². The number of nitrogens with one attached hydrogen (secondary N) is 1. The Morgan fingerprint density at radius 3 is 2.78 bits per heavy atom. The van der Waals surface area contributed by atoms with E-state index in [1.54, 1.807) is 37.1 Å². The van der Waals surface area contributed by atoms with E-state index in [9.17, 15) is 5.11 Å². The van der Waals surface area contributed by atoms with Crippen LogP contribution in [0.4, 0.5) is 5.69 Å². The predicted molar refractivity (Wildman–Crippen MR) is 110 cm³/mol. The first-order chi connectivity index (χ1) is 13.1. The van der Waals surface area contributed by atoms with Crippen LogP contribution in [0.5, 0.6) is 5.75 Å². The summed E-state index contributed by atoms with van der Waals surface area (Å²) in [5, 5.41) is 12.9. The summed E-state index contributed by atoms with van der Waals surface area (Å²) in [6.07, 6.45) is 3.44. The van der Waals surface area contributed by atoms with Crippen LogP contribution < -0.4 is 16.0 Å². The van der Waals surface area contributed by atoms with Crippen molar-refractivity contribution < 1.29 is 9.84 Å². The number of ether oxygens (including phenoxy) is 1. The van der Waals surface area contributed by atoms with Crippen molar-refractivity contribution in [3.63, 3.8) is 0 Å². The van der Waals surface area contributed by atoms with Crippen molar-refractivity contribution in [3.05, 3.63) is 60.3 Å². The van der Waals surface area contributed by atoms with Gasteiger partial charge < -0.3 is 20.5 Å². The lowest BCUT2D eigenvalue weighted by Crippen LogP contribution is -2.46. The van der Waals surface area contributed by atoms with Gasteiger partial charge in [-0.2, -0.15) is 0 Å². The first kappa shape index (κ1) is 19.3. The maximum atomic E-state index is 9.51. The van der Waals surface area contributed by atoms with Crippen LogP contribution in [0.2, 0.25) is 0 Å². The first-order valence-corrected chi connectivity index (χ1v) is 9.48. The van der Waals surface area contributed by atoms with Gasteiger partial charge in [-0.05, 0) is 55.0 Å². The summed E-state index contributed by atoms with van der Waals surface area (Å²) >= 11 is 1.64. The van der Waals surface area contributed by atoms with Crippen molar-refractivity contribution >= 4 is 23.3 Å². The van der Waals surface area contributed by atoms with Crippen LogP contribution in [0.25, 0.3) is 0 Å². The van der Waals surface area contributed by atoms with E-state index in [1.807, 2.05) is 18.3 Å². The number of phenols is 1. The fourth-order valence-electron chi connectivity index (χ4n) is 2.69. The maximum absolute atomic E-state index is 9.51. The summed E-state index contributed by atoms with van der Waals surface area (Å²) in [7, 11) is 1.67. The molecule has 1 atom stereocenters. The molecule has 142 valence electrons. The molecule has 4 N–H and O–H groups in total. The summed E-state index contributed by atoms with van der Waals surface area (Å²) in [6.45, 7) is 3.32. The highest BCUT2D eigenvalue weighted by atomic mass is 32.2. The molecule has 2 aromatic carbocycles. The van der Waals surface area contributed by atoms with E-state index >= 15 is 0 Å². The minimum absolute atomic E-state index is 0.259. The van der Waals surface area contributed by atoms with E-state index in [2.05, 4.69) is 40.3 Å². The number of aromatic hydroxyl groups is 1. The summed E-state index contributed by atoms with van der Waals surface area (Å²) in [4.78, 5) is 8.73. The molecule has 7 heteroatoms. The molecule has 27 heavy (non-hydrogen) atoms. The lowest BCUT2D eigenvalue weighted by atomic mass is 10.2. The molecular weight excluding hydrogens is 360 g/mol.